The van der Waals surface area contributed by atoms with E-state index in [1.807, 2.05) is 11.0 Å². The van der Waals surface area contributed by atoms with Gasteiger partial charge in [0.15, 0.2) is 9.84 Å². The van der Waals surface area contributed by atoms with Gasteiger partial charge in [-0.2, -0.15) is 0 Å². The molecule has 0 bridgehead atoms. The highest BCUT2D eigenvalue weighted by Crippen LogP contribution is 2.20. The zero-order valence-corrected chi connectivity index (χ0v) is 15.1. The van der Waals surface area contributed by atoms with Gasteiger partial charge in [0.1, 0.15) is 11.2 Å². The number of hydrogen-bond donors (Lipinski definition) is 0. The number of nitrogens with zero attached hydrogens (tertiary/aromatic N) is 2. The van der Waals surface area contributed by atoms with Gasteiger partial charge in [-0.25, -0.2) is 12.8 Å². The van der Waals surface area contributed by atoms with Gasteiger partial charge in [-0.3, -0.25) is 9.80 Å². The monoisotopic (exact) mass is 362 g/mol. The molecule has 0 N–H and O–H groups in total. The summed E-state index contributed by atoms with van der Waals surface area (Å²) < 4.78 is 38.5. The van der Waals surface area contributed by atoms with Crippen LogP contribution in [0.4, 0.5) is 4.39 Å². The van der Waals surface area contributed by atoms with Crippen LogP contribution in [-0.4, -0.2) is 49.8 Å². The molecule has 0 amide bonds. The maximum atomic E-state index is 13.0. The van der Waals surface area contributed by atoms with Gasteiger partial charge in [0.05, 0.1) is 4.90 Å². The van der Waals surface area contributed by atoms with Crippen molar-refractivity contribution in [1.29, 1.82) is 0 Å². The highest BCUT2D eigenvalue weighted by atomic mass is 32.2. The molecule has 2 aromatic rings. The predicted octanol–water partition coefficient (Wildman–Crippen LogP) is 2.76. The molecule has 1 saturated heterocycles. The minimum absolute atomic E-state index is 0.228. The van der Waals surface area contributed by atoms with Crippen molar-refractivity contribution in [3.63, 3.8) is 0 Å². The maximum absolute atomic E-state index is 13.0. The van der Waals surface area contributed by atoms with Crippen molar-refractivity contribution in [1.82, 2.24) is 9.80 Å². The fraction of sp³-hybridized carbons (Fsp3) is 0.368. The van der Waals surface area contributed by atoms with Gasteiger partial charge in [0, 0.05) is 32.7 Å². The lowest BCUT2D eigenvalue weighted by atomic mass is 10.2. The summed E-state index contributed by atoms with van der Waals surface area (Å²) in [5, 5.41) is -0.539. The average Bonchev–Trinajstić information content (AvgIpc) is 2.64. The molecular weight excluding hydrogens is 339 g/mol. The molecule has 4 nitrogen and oxygen atoms in total. The molecule has 1 aliphatic rings. The van der Waals surface area contributed by atoms with E-state index < -0.39 is 15.2 Å². The third-order valence-electron chi connectivity index (χ3n) is 4.76. The highest BCUT2D eigenvalue weighted by molar-refractivity contribution is 7.92. The molecule has 1 unspecified atom stereocenters. The number of benzene rings is 2. The average molecular weight is 362 g/mol. The molecule has 134 valence electrons. The van der Waals surface area contributed by atoms with E-state index in [1.165, 1.54) is 12.1 Å². The van der Waals surface area contributed by atoms with Gasteiger partial charge in [0.25, 0.3) is 0 Å². The topological polar surface area (TPSA) is 40.6 Å². The number of rotatable bonds is 5. The first-order valence-corrected chi connectivity index (χ1v) is 10.0. The van der Waals surface area contributed by atoms with Gasteiger partial charge >= 0.3 is 0 Å². The van der Waals surface area contributed by atoms with Crippen LogP contribution >= 0.6 is 0 Å². The molecule has 25 heavy (non-hydrogen) atoms. The molecule has 1 aliphatic heterocycles. The van der Waals surface area contributed by atoms with Gasteiger partial charge in [-0.05, 0) is 36.8 Å². The number of halogens is 1. The van der Waals surface area contributed by atoms with Crippen LogP contribution in [0.1, 0.15) is 12.5 Å². The number of sulfone groups is 1. The first-order valence-electron chi connectivity index (χ1n) is 8.46. The van der Waals surface area contributed by atoms with Crippen molar-refractivity contribution in [2.45, 2.75) is 23.7 Å². The Balaban J connectivity index is 1.59. The van der Waals surface area contributed by atoms with Gasteiger partial charge < -0.3 is 0 Å². The zero-order valence-electron chi connectivity index (χ0n) is 14.3. The first kappa shape index (κ1) is 18.0. The molecule has 2 aromatic carbocycles. The van der Waals surface area contributed by atoms with Gasteiger partial charge in [0.2, 0.25) is 0 Å². The molecule has 0 aliphatic carbocycles. The van der Waals surface area contributed by atoms with Crippen molar-refractivity contribution < 1.29 is 12.8 Å². The minimum Gasteiger partial charge on any atom is -0.297 e. The van der Waals surface area contributed by atoms with Crippen LogP contribution in [0.25, 0.3) is 0 Å². The quantitative estimate of drug-likeness (QED) is 0.820. The normalized spacial score (nSPS) is 18.2. The lowest BCUT2D eigenvalue weighted by Gasteiger charge is -2.37. The van der Waals surface area contributed by atoms with E-state index in [9.17, 15) is 12.8 Å². The van der Waals surface area contributed by atoms with E-state index in [2.05, 4.69) is 4.90 Å². The lowest BCUT2D eigenvalue weighted by molar-refractivity contribution is 0.120. The van der Waals surface area contributed by atoms with E-state index >= 15 is 0 Å². The summed E-state index contributed by atoms with van der Waals surface area (Å²) >= 11 is 0. The molecule has 1 fully saturated rings. The molecule has 0 saturated carbocycles. The summed E-state index contributed by atoms with van der Waals surface area (Å²) in [6.45, 7) is 5.52. The Hall–Kier alpha value is -1.76. The SMILES string of the molecule is CC(N1CCN(Cc2ccc(F)cc2)CC1)S(=O)(=O)c1ccccc1. The summed E-state index contributed by atoms with van der Waals surface area (Å²) in [6.07, 6.45) is 0. The second-order valence-electron chi connectivity index (χ2n) is 6.40. The van der Waals surface area contributed by atoms with E-state index in [1.54, 1.807) is 43.3 Å². The summed E-state index contributed by atoms with van der Waals surface area (Å²) in [6, 6.07) is 15.2. The Morgan fingerprint density at radius 1 is 0.960 bits per heavy atom. The Labute approximate surface area is 148 Å². The number of hydrogen-bond acceptors (Lipinski definition) is 4. The smallest absolute Gasteiger partial charge is 0.194 e. The van der Waals surface area contributed by atoms with Crippen LogP contribution in [0.3, 0.4) is 0 Å². The van der Waals surface area contributed by atoms with Crippen LogP contribution in [0.15, 0.2) is 59.5 Å². The lowest BCUT2D eigenvalue weighted by Crippen LogP contribution is -2.51. The van der Waals surface area contributed by atoms with Gasteiger partial charge in [-0.15, -0.1) is 0 Å². The second kappa shape index (κ2) is 7.64. The van der Waals surface area contributed by atoms with Crippen LogP contribution in [0, 0.1) is 5.82 Å². The maximum Gasteiger partial charge on any atom is 0.194 e. The molecule has 0 spiro atoms. The molecule has 1 atom stereocenters. The van der Waals surface area contributed by atoms with E-state index in [4.69, 9.17) is 0 Å². The predicted molar refractivity (Wildman–Crippen MR) is 96.3 cm³/mol. The Morgan fingerprint density at radius 3 is 2.16 bits per heavy atom. The third kappa shape index (κ3) is 4.26. The van der Waals surface area contributed by atoms with Crippen LogP contribution in [0.2, 0.25) is 0 Å². The second-order valence-corrected chi connectivity index (χ2v) is 8.64. The molecule has 0 aromatic heterocycles. The molecule has 1 heterocycles. The summed E-state index contributed by atoms with van der Waals surface area (Å²) in [7, 11) is -3.35. The van der Waals surface area contributed by atoms with Crippen LogP contribution in [0.5, 0.6) is 0 Å². The van der Waals surface area contributed by atoms with Crippen molar-refractivity contribution in [2.75, 3.05) is 26.2 Å². The fourth-order valence-corrected chi connectivity index (χ4v) is 4.67. The summed E-state index contributed by atoms with van der Waals surface area (Å²) in [5.41, 5.74) is 1.07. The highest BCUT2D eigenvalue weighted by Gasteiger charge is 2.31. The van der Waals surface area contributed by atoms with Crippen LogP contribution < -0.4 is 0 Å². The molecule has 0 radical (unpaired) electrons. The third-order valence-corrected chi connectivity index (χ3v) is 6.89. The van der Waals surface area contributed by atoms with Crippen molar-refractivity contribution >= 4 is 9.84 Å². The first-order chi connectivity index (χ1) is 12.0. The van der Waals surface area contributed by atoms with Crippen molar-refractivity contribution in [3.05, 3.63) is 66.0 Å². The van der Waals surface area contributed by atoms with Crippen LogP contribution in [-0.2, 0) is 16.4 Å². The summed E-state index contributed by atoms with van der Waals surface area (Å²) in [4.78, 5) is 4.66. The van der Waals surface area contributed by atoms with Crippen molar-refractivity contribution in [3.8, 4) is 0 Å². The molecular formula is C19H23FN2O2S. The van der Waals surface area contributed by atoms with E-state index in [0.717, 1.165) is 25.2 Å². The van der Waals surface area contributed by atoms with E-state index in [-0.39, 0.29) is 5.82 Å². The largest absolute Gasteiger partial charge is 0.297 e. The molecule has 6 heteroatoms. The van der Waals surface area contributed by atoms with E-state index in [0.29, 0.717) is 18.0 Å². The Morgan fingerprint density at radius 2 is 1.56 bits per heavy atom. The molecule has 3 rings (SSSR count). The Bertz CT molecular complexity index is 786. The zero-order chi connectivity index (χ0) is 17.9. The minimum atomic E-state index is -3.35. The Kier molecular flexibility index (Phi) is 5.51. The fourth-order valence-electron chi connectivity index (χ4n) is 3.14. The number of piperazine rings is 1. The summed E-state index contributed by atoms with van der Waals surface area (Å²) in [5.74, 6) is -0.228. The van der Waals surface area contributed by atoms with Crippen molar-refractivity contribution in [2.24, 2.45) is 0 Å². The standard InChI is InChI=1S/C19H23FN2O2S/c1-16(25(23,24)19-5-3-2-4-6-19)22-13-11-21(12-14-22)15-17-7-9-18(20)10-8-17/h2-10,16H,11-15H2,1H3. The van der Waals surface area contributed by atoms with Gasteiger partial charge in [-0.1, -0.05) is 30.3 Å².